The van der Waals surface area contributed by atoms with Crippen LogP contribution in [0.2, 0.25) is 0 Å². The van der Waals surface area contributed by atoms with E-state index < -0.39 is 5.54 Å². The maximum atomic E-state index is 11.9. The third kappa shape index (κ3) is 2.55. The van der Waals surface area contributed by atoms with Crippen LogP contribution in [0.4, 0.5) is 0 Å². The molecule has 1 saturated heterocycles. The van der Waals surface area contributed by atoms with Crippen molar-refractivity contribution in [2.75, 3.05) is 26.7 Å². The lowest BCUT2D eigenvalue weighted by atomic mass is 9.96. The van der Waals surface area contributed by atoms with Crippen LogP contribution in [-0.2, 0) is 4.79 Å². The van der Waals surface area contributed by atoms with Gasteiger partial charge < -0.3 is 16.0 Å². The molecule has 2 rings (SSSR count). The highest BCUT2D eigenvalue weighted by Crippen LogP contribution is 2.38. The van der Waals surface area contributed by atoms with Crippen LogP contribution in [0.1, 0.15) is 26.2 Å². The third-order valence-electron chi connectivity index (χ3n) is 3.95. The highest BCUT2D eigenvalue weighted by Gasteiger charge is 2.44. The van der Waals surface area contributed by atoms with Crippen molar-refractivity contribution in [1.29, 1.82) is 0 Å². The zero-order chi connectivity index (χ0) is 11.8. The Balaban J connectivity index is 1.75. The minimum atomic E-state index is -0.648. The molecule has 4 nitrogen and oxygen atoms in total. The summed E-state index contributed by atoms with van der Waals surface area (Å²) in [6.07, 6.45) is 3.39. The second-order valence-electron chi connectivity index (χ2n) is 5.68. The maximum Gasteiger partial charge on any atom is 0.240 e. The Bertz CT molecular complexity index is 273. The molecule has 2 aliphatic rings. The normalized spacial score (nSPS) is 30.1. The average Bonchev–Trinajstić information content (AvgIpc) is 3.00. The molecule has 2 unspecified atom stereocenters. The molecular weight excluding hydrogens is 202 g/mol. The maximum absolute atomic E-state index is 11.9. The number of amides is 1. The number of carbonyl (C=O) groups excluding carboxylic acids is 1. The molecule has 2 atom stereocenters. The summed E-state index contributed by atoms with van der Waals surface area (Å²) in [6.45, 7) is 4.87. The van der Waals surface area contributed by atoms with Gasteiger partial charge in [0.1, 0.15) is 0 Å². The van der Waals surface area contributed by atoms with E-state index in [0.717, 1.165) is 32.5 Å². The third-order valence-corrected chi connectivity index (χ3v) is 3.95. The van der Waals surface area contributed by atoms with Crippen molar-refractivity contribution in [2.24, 2.45) is 17.6 Å². The molecular formula is C12H23N3O. The molecule has 0 bridgehead atoms. The molecule has 0 aromatic heterocycles. The largest absolute Gasteiger partial charge is 0.354 e. The topological polar surface area (TPSA) is 58.4 Å². The van der Waals surface area contributed by atoms with Gasteiger partial charge in [-0.1, -0.05) is 0 Å². The van der Waals surface area contributed by atoms with E-state index in [1.54, 1.807) is 0 Å². The van der Waals surface area contributed by atoms with Crippen molar-refractivity contribution in [3.63, 3.8) is 0 Å². The van der Waals surface area contributed by atoms with Crippen molar-refractivity contribution in [3.8, 4) is 0 Å². The minimum absolute atomic E-state index is 0.0320. The molecule has 92 valence electrons. The molecule has 0 aromatic rings. The van der Waals surface area contributed by atoms with Gasteiger partial charge in [-0.05, 0) is 51.6 Å². The Hall–Kier alpha value is -0.610. The first kappa shape index (κ1) is 11.9. The number of hydrogen-bond donors (Lipinski definition) is 2. The number of likely N-dealkylation sites (tertiary alicyclic amines) is 1. The van der Waals surface area contributed by atoms with Crippen LogP contribution in [0, 0.1) is 11.8 Å². The van der Waals surface area contributed by atoms with Gasteiger partial charge in [0.15, 0.2) is 0 Å². The Morgan fingerprint density at radius 1 is 1.50 bits per heavy atom. The first-order valence-corrected chi connectivity index (χ1v) is 6.26. The number of carbonyl (C=O) groups is 1. The zero-order valence-electron chi connectivity index (χ0n) is 10.3. The Morgan fingerprint density at radius 3 is 2.69 bits per heavy atom. The number of nitrogens with zero attached hydrogens (tertiary/aromatic N) is 1. The van der Waals surface area contributed by atoms with Crippen molar-refractivity contribution in [1.82, 2.24) is 10.2 Å². The van der Waals surface area contributed by atoms with E-state index in [4.69, 9.17) is 5.73 Å². The van der Waals surface area contributed by atoms with Crippen LogP contribution in [-0.4, -0.2) is 43.0 Å². The highest BCUT2D eigenvalue weighted by molar-refractivity contribution is 5.86. The van der Waals surface area contributed by atoms with E-state index in [1.807, 2.05) is 6.92 Å². The smallest absolute Gasteiger partial charge is 0.240 e. The molecule has 16 heavy (non-hydrogen) atoms. The lowest BCUT2D eigenvalue weighted by molar-refractivity contribution is -0.126. The first-order valence-electron chi connectivity index (χ1n) is 6.26. The van der Waals surface area contributed by atoms with Crippen LogP contribution in [0.3, 0.4) is 0 Å². The van der Waals surface area contributed by atoms with Crippen molar-refractivity contribution < 1.29 is 4.79 Å². The van der Waals surface area contributed by atoms with E-state index in [1.165, 1.54) is 6.42 Å². The standard InChI is InChI=1S/C12H23N3O/c1-12(13,10-3-4-10)11(16)14-7-9-5-6-15(2)8-9/h9-10H,3-8,13H2,1-2H3,(H,14,16). The Kier molecular flexibility index (Phi) is 3.22. The van der Waals surface area contributed by atoms with E-state index in [-0.39, 0.29) is 5.91 Å². The van der Waals surface area contributed by atoms with Crippen LogP contribution >= 0.6 is 0 Å². The number of nitrogens with one attached hydrogen (secondary N) is 1. The summed E-state index contributed by atoms with van der Waals surface area (Å²) >= 11 is 0. The van der Waals surface area contributed by atoms with E-state index in [2.05, 4.69) is 17.3 Å². The summed E-state index contributed by atoms with van der Waals surface area (Å²) in [6, 6.07) is 0. The Morgan fingerprint density at radius 2 is 2.19 bits per heavy atom. The molecule has 1 heterocycles. The number of nitrogens with two attached hydrogens (primary N) is 1. The molecule has 3 N–H and O–H groups in total. The van der Waals surface area contributed by atoms with Crippen LogP contribution in [0.15, 0.2) is 0 Å². The highest BCUT2D eigenvalue weighted by atomic mass is 16.2. The lowest BCUT2D eigenvalue weighted by Gasteiger charge is -2.24. The molecule has 1 saturated carbocycles. The fraction of sp³-hybridized carbons (Fsp3) is 0.917. The summed E-state index contributed by atoms with van der Waals surface area (Å²) in [5, 5.41) is 3.02. The van der Waals surface area contributed by atoms with E-state index in [0.29, 0.717) is 11.8 Å². The van der Waals surface area contributed by atoms with Gasteiger partial charge >= 0.3 is 0 Å². The molecule has 2 fully saturated rings. The van der Waals surface area contributed by atoms with Gasteiger partial charge in [0.2, 0.25) is 5.91 Å². The van der Waals surface area contributed by atoms with Crippen molar-refractivity contribution in [2.45, 2.75) is 31.7 Å². The summed E-state index contributed by atoms with van der Waals surface area (Å²) < 4.78 is 0. The summed E-state index contributed by atoms with van der Waals surface area (Å²) in [4.78, 5) is 14.2. The Labute approximate surface area is 97.6 Å². The minimum Gasteiger partial charge on any atom is -0.354 e. The quantitative estimate of drug-likeness (QED) is 0.717. The average molecular weight is 225 g/mol. The van der Waals surface area contributed by atoms with Crippen LogP contribution < -0.4 is 11.1 Å². The van der Waals surface area contributed by atoms with Gasteiger partial charge in [-0.2, -0.15) is 0 Å². The van der Waals surface area contributed by atoms with Gasteiger partial charge in [0.05, 0.1) is 5.54 Å². The second kappa shape index (κ2) is 4.34. The molecule has 0 radical (unpaired) electrons. The van der Waals surface area contributed by atoms with Gasteiger partial charge in [0, 0.05) is 13.1 Å². The van der Waals surface area contributed by atoms with E-state index in [9.17, 15) is 4.79 Å². The SMILES string of the molecule is CN1CCC(CNC(=O)C(C)(N)C2CC2)C1. The molecule has 0 aromatic carbocycles. The number of hydrogen-bond acceptors (Lipinski definition) is 3. The molecule has 4 heteroatoms. The van der Waals surface area contributed by atoms with Gasteiger partial charge in [0.25, 0.3) is 0 Å². The van der Waals surface area contributed by atoms with Crippen molar-refractivity contribution >= 4 is 5.91 Å². The monoisotopic (exact) mass is 225 g/mol. The lowest BCUT2D eigenvalue weighted by Crippen LogP contribution is -2.54. The zero-order valence-corrected chi connectivity index (χ0v) is 10.3. The summed E-state index contributed by atoms with van der Waals surface area (Å²) in [5.41, 5.74) is 5.41. The van der Waals surface area contributed by atoms with Crippen LogP contribution in [0.25, 0.3) is 0 Å². The first-order chi connectivity index (χ1) is 7.50. The predicted octanol–water partition coefficient (Wildman–Crippen LogP) is 0.182. The van der Waals surface area contributed by atoms with Crippen LogP contribution in [0.5, 0.6) is 0 Å². The molecule has 0 spiro atoms. The summed E-state index contributed by atoms with van der Waals surface area (Å²) in [5.74, 6) is 1.03. The molecule has 1 amide bonds. The summed E-state index contributed by atoms with van der Waals surface area (Å²) in [7, 11) is 2.12. The molecule has 1 aliphatic carbocycles. The van der Waals surface area contributed by atoms with E-state index >= 15 is 0 Å². The van der Waals surface area contributed by atoms with Gasteiger partial charge in [-0.25, -0.2) is 0 Å². The molecule has 1 aliphatic heterocycles. The number of rotatable bonds is 4. The predicted molar refractivity (Wildman–Crippen MR) is 63.9 cm³/mol. The fourth-order valence-corrected chi connectivity index (χ4v) is 2.49. The fourth-order valence-electron chi connectivity index (χ4n) is 2.49. The van der Waals surface area contributed by atoms with Crippen molar-refractivity contribution in [3.05, 3.63) is 0 Å². The van der Waals surface area contributed by atoms with Gasteiger partial charge in [-0.3, -0.25) is 4.79 Å². The second-order valence-corrected chi connectivity index (χ2v) is 5.68. The van der Waals surface area contributed by atoms with Gasteiger partial charge in [-0.15, -0.1) is 0 Å².